The molecule has 0 aromatic rings. The number of piperidine rings is 3. The van der Waals surface area contributed by atoms with E-state index in [1.807, 2.05) is 13.8 Å². The molecule has 43 heavy (non-hydrogen) atoms. The summed E-state index contributed by atoms with van der Waals surface area (Å²) in [6, 6.07) is -2.44. The Hall–Kier alpha value is -2.82. The molecule has 4 fully saturated rings. The van der Waals surface area contributed by atoms with Crippen molar-refractivity contribution in [3.63, 3.8) is 0 Å². The largest absolute Gasteiger partial charge is 0.352 e. The summed E-state index contributed by atoms with van der Waals surface area (Å²) in [7, 11) is 0. The Morgan fingerprint density at radius 3 is 2.23 bits per heavy atom. The van der Waals surface area contributed by atoms with Crippen LogP contribution in [-0.4, -0.2) is 95.8 Å². The number of hydrogen-bond acceptors (Lipinski definition) is 7. The monoisotopic (exact) mass is 602 g/mol. The Labute approximate surface area is 257 Å². The van der Waals surface area contributed by atoms with Crippen LogP contribution in [0.15, 0.2) is 0 Å². The van der Waals surface area contributed by atoms with Gasteiger partial charge in [0.15, 0.2) is 0 Å². The molecule has 4 atom stereocenters. The average Bonchev–Trinajstić information content (AvgIpc) is 3.48. The predicted molar refractivity (Wildman–Crippen MR) is 166 cm³/mol. The van der Waals surface area contributed by atoms with Crippen LogP contribution in [0.2, 0.25) is 0 Å². The Morgan fingerprint density at radius 1 is 0.953 bits per heavy atom. The van der Waals surface area contributed by atoms with Crippen molar-refractivity contribution >= 4 is 35.6 Å². The van der Waals surface area contributed by atoms with Crippen LogP contribution in [0.1, 0.15) is 104 Å². The van der Waals surface area contributed by atoms with Gasteiger partial charge in [0.2, 0.25) is 23.6 Å². The predicted octanol–water partition coefficient (Wildman–Crippen LogP) is 2.56. The molecule has 4 N–H and O–H groups in total. The van der Waals surface area contributed by atoms with Gasteiger partial charge in [-0.25, -0.2) is 0 Å². The lowest BCUT2D eigenvalue weighted by Crippen LogP contribution is -2.59. The number of amides is 4. The number of carbonyl (C=O) groups is 5. The van der Waals surface area contributed by atoms with Crippen LogP contribution in [0.25, 0.3) is 0 Å². The Morgan fingerprint density at radius 2 is 1.65 bits per heavy atom. The molecule has 4 rings (SSSR count). The number of rotatable bonds is 18. The third-order valence-electron chi connectivity index (χ3n) is 9.30. The quantitative estimate of drug-likeness (QED) is 0.108. The minimum atomic E-state index is -1.07. The summed E-state index contributed by atoms with van der Waals surface area (Å²) < 4.78 is 0. The van der Waals surface area contributed by atoms with E-state index in [9.17, 15) is 24.0 Å². The number of hydrogen-bond donors (Lipinski definition) is 4. The van der Waals surface area contributed by atoms with Crippen molar-refractivity contribution in [3.05, 3.63) is 0 Å². The van der Waals surface area contributed by atoms with Gasteiger partial charge in [-0.2, -0.15) is 0 Å². The molecule has 0 aromatic heterocycles. The number of nitrogens with one attached hydrogen (secondary N) is 4. The molecule has 11 nitrogen and oxygen atoms in total. The summed E-state index contributed by atoms with van der Waals surface area (Å²) in [6.45, 7) is 9.06. The molecule has 0 saturated carbocycles. The topological polar surface area (TPSA) is 152 Å². The molecule has 0 spiro atoms. The van der Waals surface area contributed by atoms with E-state index in [1.165, 1.54) is 4.90 Å². The van der Waals surface area contributed by atoms with Crippen molar-refractivity contribution in [2.45, 2.75) is 128 Å². The molecule has 0 aromatic carbocycles. The van der Waals surface area contributed by atoms with Crippen molar-refractivity contribution in [1.82, 2.24) is 25.8 Å². The van der Waals surface area contributed by atoms with E-state index in [1.54, 1.807) is 6.92 Å². The highest BCUT2D eigenvalue weighted by Gasteiger charge is 2.40. The Kier molecular flexibility index (Phi) is 14.1. The molecular formula is C32H54N6O5. The number of aldehydes is 1. The smallest absolute Gasteiger partial charge is 0.246 e. The van der Waals surface area contributed by atoms with E-state index in [2.05, 4.69) is 20.9 Å². The normalized spacial score (nSPS) is 24.3. The first kappa shape index (κ1) is 34.7. The number of fused-ring (bicyclic) bond motifs is 3. The van der Waals surface area contributed by atoms with Crippen molar-refractivity contribution in [2.75, 3.05) is 26.2 Å². The zero-order valence-corrected chi connectivity index (χ0v) is 26.5. The maximum absolute atomic E-state index is 14.0. The minimum Gasteiger partial charge on any atom is -0.352 e. The number of likely N-dealkylation sites (tertiary alicyclic amines) is 1. The third kappa shape index (κ3) is 10.4. The summed E-state index contributed by atoms with van der Waals surface area (Å²) in [5.74, 6) is -1.10. The molecule has 4 amide bonds. The van der Waals surface area contributed by atoms with Gasteiger partial charge in [0.25, 0.3) is 0 Å². The second kappa shape index (κ2) is 17.5. The fourth-order valence-corrected chi connectivity index (χ4v) is 6.88. The zero-order chi connectivity index (χ0) is 31.4. The first-order chi connectivity index (χ1) is 20.7. The maximum Gasteiger partial charge on any atom is 0.246 e. The fourth-order valence-electron chi connectivity index (χ4n) is 6.88. The fraction of sp³-hybridized carbons (Fsp3) is 0.812. The molecule has 0 radical (unpaired) electrons. The molecule has 4 saturated heterocycles. The van der Waals surface area contributed by atoms with Crippen LogP contribution in [0.3, 0.4) is 0 Å². The number of carbonyl (C=O) groups excluding carboxylic acids is 5. The molecule has 4 aliphatic heterocycles. The molecule has 4 aliphatic rings. The standard InChI is InChI=1S/C32H54N6O5/c1-4-9-24(10-5-2)30(41)36-26(19-29(40)35-27-20-37-17-14-23(27)15-18-37)32(43)38-16-8-13-28(38)31(42)34-25(21-39)12-7-6-11-22(3)33/h21,23-28,33H,4-20H2,1-3H3,(H,34,42)(H,35,40)(H,36,41)/t25-,26-,27+,28?/m0/s1. The van der Waals surface area contributed by atoms with Gasteiger partial charge >= 0.3 is 0 Å². The van der Waals surface area contributed by atoms with Crippen LogP contribution in [0.5, 0.6) is 0 Å². The first-order valence-electron chi connectivity index (χ1n) is 16.6. The van der Waals surface area contributed by atoms with Crippen LogP contribution in [-0.2, 0) is 24.0 Å². The van der Waals surface area contributed by atoms with E-state index in [0.29, 0.717) is 63.1 Å². The van der Waals surface area contributed by atoms with E-state index >= 15 is 0 Å². The third-order valence-corrected chi connectivity index (χ3v) is 9.30. The first-order valence-corrected chi connectivity index (χ1v) is 16.6. The van der Waals surface area contributed by atoms with Crippen LogP contribution < -0.4 is 16.0 Å². The highest BCUT2D eigenvalue weighted by molar-refractivity contribution is 5.96. The lowest BCUT2D eigenvalue weighted by molar-refractivity contribution is -0.143. The van der Waals surface area contributed by atoms with E-state index < -0.39 is 24.0 Å². The molecule has 0 aliphatic carbocycles. The molecule has 2 bridgehead atoms. The summed E-state index contributed by atoms with van der Waals surface area (Å²) in [5, 5.41) is 16.4. The van der Waals surface area contributed by atoms with Gasteiger partial charge in [0.1, 0.15) is 18.4 Å². The molecule has 242 valence electrons. The zero-order valence-electron chi connectivity index (χ0n) is 26.5. The molecule has 4 heterocycles. The lowest BCUT2D eigenvalue weighted by atomic mass is 9.84. The minimum absolute atomic E-state index is 0.0443. The maximum atomic E-state index is 14.0. The van der Waals surface area contributed by atoms with Crippen molar-refractivity contribution in [1.29, 1.82) is 5.41 Å². The summed E-state index contributed by atoms with van der Waals surface area (Å²) >= 11 is 0. The van der Waals surface area contributed by atoms with Crippen molar-refractivity contribution in [2.24, 2.45) is 11.8 Å². The highest BCUT2D eigenvalue weighted by Crippen LogP contribution is 2.28. The van der Waals surface area contributed by atoms with Gasteiger partial charge in [-0.05, 0) is 83.7 Å². The Bertz CT molecular complexity index is 975. The van der Waals surface area contributed by atoms with Gasteiger partial charge in [-0.15, -0.1) is 0 Å². The van der Waals surface area contributed by atoms with Gasteiger partial charge in [0.05, 0.1) is 12.5 Å². The van der Waals surface area contributed by atoms with Gasteiger partial charge in [0, 0.05) is 30.8 Å². The van der Waals surface area contributed by atoms with Crippen molar-refractivity contribution in [3.8, 4) is 0 Å². The van der Waals surface area contributed by atoms with Gasteiger partial charge in [-0.1, -0.05) is 33.1 Å². The summed E-state index contributed by atoms with van der Waals surface area (Å²) in [4.78, 5) is 69.4. The second-order valence-corrected chi connectivity index (χ2v) is 12.8. The Balaban J connectivity index is 1.68. The number of nitrogens with zero attached hydrogens (tertiary/aromatic N) is 2. The van der Waals surface area contributed by atoms with E-state index in [4.69, 9.17) is 5.41 Å². The lowest BCUT2D eigenvalue weighted by Gasteiger charge is -2.45. The SMILES string of the molecule is CCCC(CCC)C(=O)N[C@@H](CC(=O)N[C@@H]1CN2CCC1CC2)C(=O)N1CCCC1C(=O)N[C@H](C=O)CCCCC(C)=N. The average molecular weight is 603 g/mol. The van der Waals surface area contributed by atoms with Crippen LogP contribution in [0.4, 0.5) is 0 Å². The van der Waals surface area contributed by atoms with E-state index in [0.717, 1.165) is 58.0 Å². The molecular weight excluding hydrogens is 548 g/mol. The molecule has 1 unspecified atom stereocenters. The van der Waals surface area contributed by atoms with Gasteiger partial charge < -0.3 is 36.0 Å². The summed E-state index contributed by atoms with van der Waals surface area (Å²) in [6.07, 6.45) is 9.40. The second-order valence-electron chi connectivity index (χ2n) is 12.8. The van der Waals surface area contributed by atoms with Gasteiger partial charge in [-0.3, -0.25) is 19.2 Å². The van der Waals surface area contributed by atoms with E-state index in [-0.39, 0.29) is 36.1 Å². The number of unbranched alkanes of at least 4 members (excludes halogenated alkanes) is 1. The van der Waals surface area contributed by atoms with Crippen LogP contribution >= 0.6 is 0 Å². The highest BCUT2D eigenvalue weighted by atomic mass is 16.2. The summed E-state index contributed by atoms with van der Waals surface area (Å²) in [5.41, 5.74) is 0.585. The van der Waals surface area contributed by atoms with Crippen molar-refractivity contribution < 1.29 is 24.0 Å². The molecule has 11 heteroatoms. The van der Waals surface area contributed by atoms with Crippen LogP contribution in [0, 0.1) is 17.2 Å².